The molecule has 12 heteroatoms. The van der Waals surface area contributed by atoms with Gasteiger partial charge in [-0.2, -0.15) is 10.1 Å². The lowest BCUT2D eigenvalue weighted by Crippen LogP contribution is -2.34. The topological polar surface area (TPSA) is 129 Å². The first-order valence-corrected chi connectivity index (χ1v) is 10.4. The van der Waals surface area contributed by atoms with Crippen molar-refractivity contribution in [3.05, 3.63) is 29.0 Å². The third-order valence-electron chi connectivity index (χ3n) is 5.31. The van der Waals surface area contributed by atoms with Crippen LogP contribution in [0.1, 0.15) is 5.69 Å². The van der Waals surface area contributed by atoms with E-state index in [4.69, 9.17) is 30.5 Å². The van der Waals surface area contributed by atoms with Crippen molar-refractivity contribution in [3.63, 3.8) is 0 Å². The molecule has 1 unspecified atom stereocenters. The van der Waals surface area contributed by atoms with Crippen molar-refractivity contribution in [2.45, 2.75) is 37.5 Å². The summed E-state index contributed by atoms with van der Waals surface area (Å²) in [6.07, 6.45) is 0.228. The number of aromatic amines is 1. The number of methoxy groups -OCH3 is 1. The highest BCUT2D eigenvalue weighted by atomic mass is 35.5. The molecular weight excluding hydrogens is 428 g/mol. The maximum absolute atomic E-state index is 9.86. The van der Waals surface area contributed by atoms with Gasteiger partial charge in [0.25, 0.3) is 6.01 Å². The quantitative estimate of drug-likeness (QED) is 0.459. The van der Waals surface area contributed by atoms with E-state index in [1.54, 1.807) is 13.2 Å². The van der Waals surface area contributed by atoms with Crippen molar-refractivity contribution in [3.8, 4) is 6.01 Å². The molecule has 166 valence electrons. The highest BCUT2D eigenvalue weighted by Gasteiger charge is 2.48. The number of fused-ring (bicyclic) bond motifs is 2. The van der Waals surface area contributed by atoms with Crippen LogP contribution >= 0.6 is 11.6 Å². The number of hydrogen-bond donors (Lipinski definition) is 3. The van der Waals surface area contributed by atoms with Crippen molar-refractivity contribution >= 4 is 28.6 Å². The van der Waals surface area contributed by atoms with Crippen molar-refractivity contribution < 1.29 is 24.1 Å². The average molecular weight is 451 g/mol. The summed E-state index contributed by atoms with van der Waals surface area (Å²) in [4.78, 5) is 12.0. The number of pyridine rings is 1. The van der Waals surface area contributed by atoms with Crippen LogP contribution < -0.4 is 10.1 Å². The van der Waals surface area contributed by atoms with Gasteiger partial charge >= 0.3 is 0 Å². The first kappa shape index (κ1) is 20.5. The number of imidazole rings is 1. The number of aliphatic hydroxyl groups is 1. The van der Waals surface area contributed by atoms with E-state index in [0.717, 1.165) is 5.69 Å². The summed E-state index contributed by atoms with van der Waals surface area (Å²) in [5.74, 6) is 0.505. The molecule has 3 N–H and O–H groups in total. The first-order chi connectivity index (χ1) is 15.1. The normalized spacial score (nSPS) is 25.3. The summed E-state index contributed by atoms with van der Waals surface area (Å²) in [5.41, 5.74) is 1.97. The van der Waals surface area contributed by atoms with Crippen LogP contribution in [-0.2, 0) is 27.3 Å². The fraction of sp³-hybridized carbons (Fsp3) is 0.526. The Morgan fingerprint density at radius 1 is 1.32 bits per heavy atom. The fourth-order valence-corrected chi connectivity index (χ4v) is 3.96. The smallest absolute Gasteiger partial charge is 0.296 e. The van der Waals surface area contributed by atoms with Crippen molar-refractivity contribution in [1.82, 2.24) is 24.7 Å². The predicted octanol–water partition coefficient (Wildman–Crippen LogP) is 0.972. The van der Waals surface area contributed by atoms with Gasteiger partial charge in [-0.3, -0.25) is 4.68 Å². The van der Waals surface area contributed by atoms with E-state index in [0.29, 0.717) is 54.3 Å². The maximum Gasteiger partial charge on any atom is 0.296 e. The van der Waals surface area contributed by atoms with Crippen LogP contribution in [0.3, 0.4) is 0 Å². The van der Waals surface area contributed by atoms with Gasteiger partial charge in [-0.1, -0.05) is 11.6 Å². The van der Waals surface area contributed by atoms with E-state index in [-0.39, 0.29) is 24.9 Å². The van der Waals surface area contributed by atoms with Gasteiger partial charge in [0.2, 0.25) is 0 Å². The molecule has 0 aliphatic carbocycles. The number of nitrogens with one attached hydrogen (secondary N) is 2. The molecule has 0 radical (unpaired) electrons. The summed E-state index contributed by atoms with van der Waals surface area (Å²) in [6, 6.07) is 3.97. The SMILES string of the molecule is COCCn1ccc(CNc2nc3nc(O[C@@H]4COC5[C@H](O)CO[C@@H]54)[nH]c3cc2Cl)n1. The third-order valence-corrected chi connectivity index (χ3v) is 5.60. The minimum atomic E-state index is -0.630. The second kappa shape index (κ2) is 8.60. The number of nitrogens with zero attached hydrogens (tertiary/aromatic N) is 4. The number of H-pyrrole nitrogens is 1. The highest BCUT2D eigenvalue weighted by molar-refractivity contribution is 6.33. The lowest BCUT2D eigenvalue weighted by atomic mass is 10.1. The van der Waals surface area contributed by atoms with Gasteiger partial charge < -0.3 is 34.4 Å². The largest absolute Gasteiger partial charge is 0.456 e. The lowest BCUT2D eigenvalue weighted by Gasteiger charge is -2.15. The van der Waals surface area contributed by atoms with Crippen molar-refractivity contribution in [2.24, 2.45) is 0 Å². The van der Waals surface area contributed by atoms with Gasteiger partial charge in [0.15, 0.2) is 11.8 Å². The Morgan fingerprint density at radius 3 is 3.06 bits per heavy atom. The molecule has 5 heterocycles. The Kier molecular flexibility index (Phi) is 5.67. The number of ether oxygens (including phenoxy) is 4. The molecule has 4 atom stereocenters. The zero-order valence-electron chi connectivity index (χ0n) is 16.8. The van der Waals surface area contributed by atoms with Crippen molar-refractivity contribution in [1.29, 1.82) is 0 Å². The number of rotatable bonds is 8. The second-order valence-electron chi connectivity index (χ2n) is 7.47. The van der Waals surface area contributed by atoms with Crippen LogP contribution in [0.25, 0.3) is 11.2 Å². The van der Waals surface area contributed by atoms with E-state index in [1.807, 2.05) is 16.9 Å². The molecule has 5 rings (SSSR count). The zero-order chi connectivity index (χ0) is 21.4. The molecule has 2 aliphatic rings. The van der Waals surface area contributed by atoms with E-state index < -0.39 is 6.10 Å². The molecule has 3 aromatic rings. The number of halogens is 1. The molecule has 0 amide bonds. The van der Waals surface area contributed by atoms with Crippen LogP contribution in [0.15, 0.2) is 18.3 Å². The monoisotopic (exact) mass is 450 g/mol. The number of aromatic nitrogens is 5. The van der Waals surface area contributed by atoms with Gasteiger partial charge in [-0.25, -0.2) is 4.98 Å². The summed E-state index contributed by atoms with van der Waals surface area (Å²) >= 11 is 6.39. The Bertz CT molecular complexity index is 1060. The summed E-state index contributed by atoms with van der Waals surface area (Å²) in [7, 11) is 1.66. The van der Waals surface area contributed by atoms with Crippen LogP contribution in [0, 0.1) is 0 Å². The van der Waals surface area contributed by atoms with Crippen molar-refractivity contribution in [2.75, 3.05) is 32.2 Å². The standard InChI is InChI=1S/C19H23ClN6O5/c1-28-5-4-26-3-2-10(25-26)7-21-17-11(20)6-12-18(23-17)24-19(22-12)31-14-9-30-15-13(27)8-29-16(14)15/h2-3,6,13-16,27H,4-5,7-9H2,1H3,(H2,21,22,23,24)/t13-,14-,15?,16-/m1/s1. The summed E-state index contributed by atoms with van der Waals surface area (Å²) in [6.45, 7) is 2.32. The zero-order valence-corrected chi connectivity index (χ0v) is 17.6. The Labute approximate surface area is 182 Å². The van der Waals surface area contributed by atoms with Crippen LogP contribution in [0.4, 0.5) is 5.82 Å². The van der Waals surface area contributed by atoms with E-state index in [9.17, 15) is 5.11 Å². The molecule has 2 saturated heterocycles. The predicted molar refractivity (Wildman–Crippen MR) is 110 cm³/mol. The fourth-order valence-electron chi connectivity index (χ4n) is 3.75. The van der Waals surface area contributed by atoms with Crippen LogP contribution in [-0.4, -0.2) is 81.2 Å². The molecular formula is C19H23ClN6O5. The molecule has 0 spiro atoms. The van der Waals surface area contributed by atoms with Gasteiger partial charge in [0, 0.05) is 13.3 Å². The molecule has 2 aliphatic heterocycles. The van der Waals surface area contributed by atoms with E-state index >= 15 is 0 Å². The maximum atomic E-state index is 9.86. The summed E-state index contributed by atoms with van der Waals surface area (Å²) < 4.78 is 24.0. The molecule has 3 aromatic heterocycles. The second-order valence-corrected chi connectivity index (χ2v) is 7.88. The van der Waals surface area contributed by atoms with Gasteiger partial charge in [-0.15, -0.1) is 0 Å². The lowest BCUT2D eigenvalue weighted by molar-refractivity contribution is 0.00706. The molecule has 0 saturated carbocycles. The number of hydrogen-bond acceptors (Lipinski definition) is 9. The minimum Gasteiger partial charge on any atom is -0.456 e. The van der Waals surface area contributed by atoms with Gasteiger partial charge in [0.1, 0.15) is 24.1 Å². The highest BCUT2D eigenvalue weighted by Crippen LogP contribution is 2.30. The molecule has 0 aromatic carbocycles. The Morgan fingerprint density at radius 2 is 2.19 bits per heavy atom. The van der Waals surface area contributed by atoms with E-state index in [1.165, 1.54) is 0 Å². The summed E-state index contributed by atoms with van der Waals surface area (Å²) in [5, 5.41) is 18.0. The molecule has 31 heavy (non-hydrogen) atoms. The van der Waals surface area contributed by atoms with Gasteiger partial charge in [0.05, 0.1) is 49.1 Å². The third kappa shape index (κ3) is 4.19. The Hall–Kier alpha value is -2.44. The Balaban J connectivity index is 1.25. The van der Waals surface area contributed by atoms with Gasteiger partial charge in [-0.05, 0) is 12.1 Å². The number of anilines is 1. The molecule has 2 fully saturated rings. The first-order valence-electron chi connectivity index (χ1n) is 10.00. The van der Waals surface area contributed by atoms with E-state index in [2.05, 4.69) is 25.4 Å². The molecule has 11 nitrogen and oxygen atoms in total. The molecule has 0 bridgehead atoms. The minimum absolute atomic E-state index is 0.242. The average Bonchev–Trinajstić information content (AvgIpc) is 3.52. The van der Waals surface area contributed by atoms with Crippen LogP contribution in [0.2, 0.25) is 5.02 Å². The van der Waals surface area contributed by atoms with Crippen LogP contribution in [0.5, 0.6) is 6.01 Å². The number of aliphatic hydroxyl groups excluding tert-OH is 1.